The summed E-state index contributed by atoms with van der Waals surface area (Å²) in [6.45, 7) is 0.639. The van der Waals surface area contributed by atoms with Crippen LogP contribution in [0.3, 0.4) is 0 Å². The fourth-order valence-corrected chi connectivity index (χ4v) is 2.57. The number of carboxylic acid groups (broad SMARTS) is 1. The highest BCUT2D eigenvalue weighted by atomic mass is 16.4. The molecule has 0 saturated heterocycles. The molecule has 0 amide bonds. The van der Waals surface area contributed by atoms with Crippen molar-refractivity contribution in [1.82, 2.24) is 4.57 Å². The van der Waals surface area contributed by atoms with E-state index in [1.165, 1.54) is 0 Å². The first-order valence-electron chi connectivity index (χ1n) is 6.70. The standard InChI is InChI=1S/C17H15NO3/c19-14-6-7-15-13(8-17(20)21)11-18(16(15)9-14)10-12-4-2-1-3-5-12/h1-7,9,11,19H,8,10H2,(H,20,21). The van der Waals surface area contributed by atoms with Crippen molar-refractivity contribution in [2.45, 2.75) is 13.0 Å². The predicted octanol–water partition coefficient (Wildman–Crippen LogP) is 3.02. The van der Waals surface area contributed by atoms with Gasteiger partial charge in [0.1, 0.15) is 5.75 Å². The highest BCUT2D eigenvalue weighted by Gasteiger charge is 2.12. The molecule has 1 aromatic heterocycles. The quantitative estimate of drug-likeness (QED) is 0.772. The third-order valence-corrected chi connectivity index (χ3v) is 3.49. The van der Waals surface area contributed by atoms with Crippen molar-refractivity contribution in [2.75, 3.05) is 0 Å². The Kier molecular flexibility index (Phi) is 3.36. The lowest BCUT2D eigenvalue weighted by Gasteiger charge is -2.05. The van der Waals surface area contributed by atoms with Crippen LogP contribution < -0.4 is 0 Å². The third kappa shape index (κ3) is 2.74. The summed E-state index contributed by atoms with van der Waals surface area (Å²) in [7, 11) is 0. The zero-order chi connectivity index (χ0) is 14.8. The maximum absolute atomic E-state index is 11.0. The second-order valence-corrected chi connectivity index (χ2v) is 5.04. The van der Waals surface area contributed by atoms with E-state index in [4.69, 9.17) is 5.11 Å². The summed E-state index contributed by atoms with van der Waals surface area (Å²) in [5.74, 6) is -0.682. The molecule has 0 aliphatic carbocycles. The number of carbonyl (C=O) groups is 1. The zero-order valence-corrected chi connectivity index (χ0v) is 11.4. The van der Waals surface area contributed by atoms with Crippen LogP contribution in [0.1, 0.15) is 11.1 Å². The summed E-state index contributed by atoms with van der Waals surface area (Å²) >= 11 is 0. The van der Waals surface area contributed by atoms with E-state index < -0.39 is 5.97 Å². The summed E-state index contributed by atoms with van der Waals surface area (Å²) in [6, 6.07) is 15.0. The largest absolute Gasteiger partial charge is 0.508 e. The fraction of sp³-hybridized carbons (Fsp3) is 0.118. The van der Waals surface area contributed by atoms with E-state index in [-0.39, 0.29) is 12.2 Å². The van der Waals surface area contributed by atoms with E-state index >= 15 is 0 Å². The lowest BCUT2D eigenvalue weighted by atomic mass is 10.1. The molecule has 3 aromatic rings. The van der Waals surface area contributed by atoms with Crippen LogP contribution in [0, 0.1) is 0 Å². The van der Waals surface area contributed by atoms with Gasteiger partial charge in [-0.05, 0) is 23.3 Å². The normalized spacial score (nSPS) is 10.9. The van der Waals surface area contributed by atoms with Crippen molar-refractivity contribution < 1.29 is 15.0 Å². The van der Waals surface area contributed by atoms with Crippen LogP contribution in [0.5, 0.6) is 5.75 Å². The number of fused-ring (bicyclic) bond motifs is 1. The molecule has 0 bridgehead atoms. The number of phenolic OH excluding ortho intramolecular Hbond substituents is 1. The van der Waals surface area contributed by atoms with Gasteiger partial charge in [-0.3, -0.25) is 4.79 Å². The lowest BCUT2D eigenvalue weighted by Crippen LogP contribution is -2.00. The Morgan fingerprint density at radius 3 is 2.57 bits per heavy atom. The van der Waals surface area contributed by atoms with Crippen LogP contribution >= 0.6 is 0 Å². The van der Waals surface area contributed by atoms with Gasteiger partial charge in [-0.1, -0.05) is 30.3 Å². The minimum Gasteiger partial charge on any atom is -0.508 e. The molecule has 0 unspecified atom stereocenters. The molecule has 0 aliphatic heterocycles. The minimum absolute atomic E-state index is 0.0247. The molecule has 0 saturated carbocycles. The van der Waals surface area contributed by atoms with Crippen LogP contribution in [0.4, 0.5) is 0 Å². The average molecular weight is 281 g/mol. The molecule has 0 fully saturated rings. The first-order chi connectivity index (χ1) is 10.1. The number of hydrogen-bond donors (Lipinski definition) is 2. The van der Waals surface area contributed by atoms with Gasteiger partial charge < -0.3 is 14.8 Å². The van der Waals surface area contributed by atoms with Crippen LogP contribution in [0.15, 0.2) is 54.7 Å². The molecule has 0 aliphatic rings. The molecule has 0 radical (unpaired) electrons. The van der Waals surface area contributed by atoms with Gasteiger partial charge in [0.2, 0.25) is 0 Å². The van der Waals surface area contributed by atoms with Crippen LogP contribution in [-0.4, -0.2) is 20.7 Å². The maximum atomic E-state index is 11.0. The smallest absolute Gasteiger partial charge is 0.307 e. The van der Waals surface area contributed by atoms with E-state index in [1.54, 1.807) is 18.2 Å². The molecule has 21 heavy (non-hydrogen) atoms. The number of benzene rings is 2. The van der Waals surface area contributed by atoms with E-state index in [9.17, 15) is 9.90 Å². The van der Waals surface area contributed by atoms with Crippen LogP contribution in [0.25, 0.3) is 10.9 Å². The number of aromatic hydroxyl groups is 1. The number of aliphatic carboxylic acids is 1. The maximum Gasteiger partial charge on any atom is 0.307 e. The zero-order valence-electron chi connectivity index (χ0n) is 11.4. The molecule has 1 heterocycles. The number of aromatic nitrogens is 1. The van der Waals surface area contributed by atoms with Crippen molar-refractivity contribution in [1.29, 1.82) is 0 Å². The molecule has 3 rings (SSSR count). The van der Waals surface area contributed by atoms with Gasteiger partial charge in [0.25, 0.3) is 0 Å². The van der Waals surface area contributed by atoms with E-state index in [0.29, 0.717) is 6.54 Å². The van der Waals surface area contributed by atoms with Crippen LogP contribution in [0.2, 0.25) is 0 Å². The Bertz CT molecular complexity index is 790. The first-order valence-corrected chi connectivity index (χ1v) is 6.70. The first kappa shape index (κ1) is 13.2. The molecule has 4 nitrogen and oxygen atoms in total. The SMILES string of the molecule is O=C(O)Cc1cn(Cc2ccccc2)c2cc(O)ccc12. The van der Waals surface area contributed by atoms with Crippen molar-refractivity contribution in [3.63, 3.8) is 0 Å². The van der Waals surface area contributed by atoms with E-state index in [1.807, 2.05) is 41.1 Å². The summed E-state index contributed by atoms with van der Waals surface area (Å²) in [5, 5.41) is 19.6. The number of nitrogens with zero attached hydrogens (tertiary/aromatic N) is 1. The summed E-state index contributed by atoms with van der Waals surface area (Å²) < 4.78 is 1.97. The second-order valence-electron chi connectivity index (χ2n) is 5.04. The Balaban J connectivity index is 2.08. The van der Waals surface area contributed by atoms with Crippen molar-refractivity contribution in [3.05, 3.63) is 65.9 Å². The molecule has 4 heteroatoms. The molecule has 2 aromatic carbocycles. The number of hydrogen-bond acceptors (Lipinski definition) is 2. The number of rotatable bonds is 4. The van der Waals surface area contributed by atoms with Gasteiger partial charge in [-0.15, -0.1) is 0 Å². The van der Waals surface area contributed by atoms with Gasteiger partial charge >= 0.3 is 5.97 Å². The predicted molar refractivity (Wildman–Crippen MR) is 80.5 cm³/mol. The second kappa shape index (κ2) is 5.32. The third-order valence-electron chi connectivity index (χ3n) is 3.49. The molecule has 106 valence electrons. The lowest BCUT2D eigenvalue weighted by molar-refractivity contribution is -0.136. The monoisotopic (exact) mass is 281 g/mol. The van der Waals surface area contributed by atoms with Crippen molar-refractivity contribution >= 4 is 16.9 Å². The summed E-state index contributed by atoms with van der Waals surface area (Å²) in [6.07, 6.45) is 1.83. The fourth-order valence-electron chi connectivity index (χ4n) is 2.57. The summed E-state index contributed by atoms with van der Waals surface area (Å²) in [4.78, 5) is 11.0. The molecular weight excluding hydrogens is 266 g/mol. The Morgan fingerprint density at radius 1 is 1.10 bits per heavy atom. The molecular formula is C17H15NO3. The minimum atomic E-state index is -0.859. The highest BCUT2D eigenvalue weighted by molar-refractivity contribution is 5.88. The van der Waals surface area contributed by atoms with Gasteiger partial charge in [-0.2, -0.15) is 0 Å². The molecule has 0 spiro atoms. The average Bonchev–Trinajstić information content (AvgIpc) is 2.76. The van der Waals surface area contributed by atoms with Gasteiger partial charge in [-0.25, -0.2) is 0 Å². The highest BCUT2D eigenvalue weighted by Crippen LogP contribution is 2.26. The molecule has 2 N–H and O–H groups in total. The Morgan fingerprint density at radius 2 is 1.86 bits per heavy atom. The number of carboxylic acids is 1. The Labute approximate surface area is 121 Å². The van der Waals surface area contributed by atoms with Gasteiger partial charge in [0.05, 0.1) is 11.9 Å². The topological polar surface area (TPSA) is 62.5 Å². The molecule has 0 atom stereocenters. The van der Waals surface area contributed by atoms with Crippen molar-refractivity contribution in [3.8, 4) is 5.75 Å². The van der Waals surface area contributed by atoms with E-state index in [2.05, 4.69) is 0 Å². The van der Waals surface area contributed by atoms with Gasteiger partial charge in [0, 0.05) is 24.2 Å². The van der Waals surface area contributed by atoms with Gasteiger partial charge in [0.15, 0.2) is 0 Å². The number of phenols is 1. The Hall–Kier alpha value is -2.75. The summed E-state index contributed by atoms with van der Waals surface area (Å²) in [5.41, 5.74) is 2.73. The van der Waals surface area contributed by atoms with Crippen molar-refractivity contribution in [2.24, 2.45) is 0 Å². The van der Waals surface area contributed by atoms with E-state index in [0.717, 1.165) is 22.0 Å². The van der Waals surface area contributed by atoms with Crippen LogP contribution in [-0.2, 0) is 17.8 Å².